The van der Waals surface area contributed by atoms with Crippen LogP contribution < -0.4 is 10.1 Å². The molecule has 0 aromatic heterocycles. The fourth-order valence-electron chi connectivity index (χ4n) is 3.07. The van der Waals surface area contributed by atoms with Gasteiger partial charge in [0.2, 0.25) is 0 Å². The molecule has 21 heavy (non-hydrogen) atoms. The summed E-state index contributed by atoms with van der Waals surface area (Å²) in [5.74, 6) is 1.39. The van der Waals surface area contributed by atoms with E-state index in [1.807, 2.05) is 19.1 Å². The van der Waals surface area contributed by atoms with Crippen molar-refractivity contribution in [2.75, 3.05) is 32.8 Å². The Morgan fingerprint density at radius 1 is 1.29 bits per heavy atom. The van der Waals surface area contributed by atoms with Crippen molar-refractivity contribution in [2.45, 2.75) is 33.2 Å². The van der Waals surface area contributed by atoms with Crippen LogP contribution in [0.4, 0.5) is 0 Å². The fraction of sp³-hybridized carbons (Fsp3) is 0.647. The molecule has 0 amide bonds. The third-order valence-corrected chi connectivity index (χ3v) is 4.35. The third kappa shape index (κ3) is 3.89. The smallest absolute Gasteiger partial charge is 0.161 e. The number of phenols is 1. The summed E-state index contributed by atoms with van der Waals surface area (Å²) < 4.78 is 5.55. The number of piperazine rings is 1. The van der Waals surface area contributed by atoms with Crippen molar-refractivity contribution in [3.05, 3.63) is 23.8 Å². The molecule has 1 aromatic rings. The van der Waals surface area contributed by atoms with E-state index < -0.39 is 0 Å². The maximum absolute atomic E-state index is 9.91. The van der Waals surface area contributed by atoms with Crippen LogP contribution in [-0.2, 0) is 0 Å². The minimum Gasteiger partial charge on any atom is -0.504 e. The molecule has 1 aliphatic heterocycles. The van der Waals surface area contributed by atoms with E-state index in [4.69, 9.17) is 4.74 Å². The van der Waals surface area contributed by atoms with E-state index in [2.05, 4.69) is 24.1 Å². The Morgan fingerprint density at radius 2 is 2.00 bits per heavy atom. The van der Waals surface area contributed by atoms with Crippen LogP contribution in [0.25, 0.3) is 0 Å². The van der Waals surface area contributed by atoms with Crippen molar-refractivity contribution < 1.29 is 9.84 Å². The van der Waals surface area contributed by atoms with Gasteiger partial charge in [-0.25, -0.2) is 0 Å². The van der Waals surface area contributed by atoms with Crippen molar-refractivity contribution in [2.24, 2.45) is 5.92 Å². The Hall–Kier alpha value is -1.26. The van der Waals surface area contributed by atoms with E-state index in [1.165, 1.54) is 5.56 Å². The second-order valence-electron chi connectivity index (χ2n) is 5.78. The quantitative estimate of drug-likeness (QED) is 0.846. The van der Waals surface area contributed by atoms with Gasteiger partial charge >= 0.3 is 0 Å². The van der Waals surface area contributed by atoms with Crippen LogP contribution in [0.5, 0.6) is 11.5 Å². The Balaban J connectivity index is 2.29. The molecule has 118 valence electrons. The lowest BCUT2D eigenvalue weighted by Crippen LogP contribution is -2.46. The number of nitrogens with one attached hydrogen (secondary N) is 1. The number of phenolic OH excluding ortho intramolecular Hbond substituents is 1. The van der Waals surface area contributed by atoms with Crippen molar-refractivity contribution in [1.82, 2.24) is 10.2 Å². The maximum atomic E-state index is 9.91. The van der Waals surface area contributed by atoms with Gasteiger partial charge in [0.25, 0.3) is 0 Å². The predicted octanol–water partition coefficient (Wildman–Crippen LogP) is 2.78. The van der Waals surface area contributed by atoms with Crippen molar-refractivity contribution >= 4 is 0 Å². The van der Waals surface area contributed by atoms with Gasteiger partial charge in [-0.15, -0.1) is 0 Å². The largest absolute Gasteiger partial charge is 0.504 e. The van der Waals surface area contributed by atoms with Crippen LogP contribution in [0.15, 0.2) is 18.2 Å². The van der Waals surface area contributed by atoms with Crippen molar-refractivity contribution in [3.63, 3.8) is 0 Å². The molecule has 4 heteroatoms. The summed E-state index contributed by atoms with van der Waals surface area (Å²) in [7, 11) is 0. The first kappa shape index (κ1) is 16.1. The molecule has 1 aliphatic rings. The van der Waals surface area contributed by atoms with Gasteiger partial charge in [-0.3, -0.25) is 4.90 Å². The zero-order valence-corrected chi connectivity index (χ0v) is 13.4. The van der Waals surface area contributed by atoms with Crippen LogP contribution in [0.2, 0.25) is 0 Å². The van der Waals surface area contributed by atoms with E-state index in [1.54, 1.807) is 6.07 Å². The van der Waals surface area contributed by atoms with Gasteiger partial charge in [-0.2, -0.15) is 0 Å². The van der Waals surface area contributed by atoms with Gasteiger partial charge in [-0.05, 0) is 30.5 Å². The summed E-state index contributed by atoms with van der Waals surface area (Å²) in [6.45, 7) is 11.3. The van der Waals surface area contributed by atoms with Gasteiger partial charge in [0.05, 0.1) is 6.61 Å². The number of aromatic hydroxyl groups is 1. The summed E-state index contributed by atoms with van der Waals surface area (Å²) >= 11 is 0. The second-order valence-corrected chi connectivity index (χ2v) is 5.78. The summed E-state index contributed by atoms with van der Waals surface area (Å²) in [6.07, 6.45) is 1.14. The van der Waals surface area contributed by atoms with Crippen LogP contribution >= 0.6 is 0 Å². The van der Waals surface area contributed by atoms with Gasteiger partial charge in [0.1, 0.15) is 0 Å². The molecular weight excluding hydrogens is 264 g/mol. The highest BCUT2D eigenvalue weighted by Crippen LogP contribution is 2.36. The first-order chi connectivity index (χ1) is 10.2. The summed E-state index contributed by atoms with van der Waals surface area (Å²) in [5, 5.41) is 13.3. The molecule has 2 atom stereocenters. The molecule has 0 aliphatic carbocycles. The molecule has 4 nitrogen and oxygen atoms in total. The lowest BCUT2D eigenvalue weighted by Gasteiger charge is -2.38. The molecule has 1 unspecified atom stereocenters. The summed E-state index contributed by atoms with van der Waals surface area (Å²) in [6, 6.07) is 6.20. The van der Waals surface area contributed by atoms with E-state index in [-0.39, 0.29) is 5.75 Å². The van der Waals surface area contributed by atoms with E-state index in [0.29, 0.717) is 24.3 Å². The molecule has 0 spiro atoms. The monoisotopic (exact) mass is 292 g/mol. The Morgan fingerprint density at radius 3 is 2.62 bits per heavy atom. The Kier molecular flexibility index (Phi) is 5.88. The standard InChI is InChI=1S/C17H28N2O2/c1-4-13(3)17(19-10-8-18-9-11-19)14-6-7-15(20)16(12-14)21-5-2/h6-7,12-13,17-18,20H,4-5,8-11H2,1-3H3/t13?,17-/m1/s1. The van der Waals surface area contributed by atoms with Crippen LogP contribution in [0.1, 0.15) is 38.8 Å². The molecule has 1 aromatic carbocycles. The van der Waals surface area contributed by atoms with Crippen LogP contribution in [-0.4, -0.2) is 42.8 Å². The summed E-state index contributed by atoms with van der Waals surface area (Å²) in [4.78, 5) is 2.55. The maximum Gasteiger partial charge on any atom is 0.161 e. The Bertz CT molecular complexity index is 444. The highest BCUT2D eigenvalue weighted by Gasteiger charge is 2.27. The van der Waals surface area contributed by atoms with Crippen molar-refractivity contribution in [3.8, 4) is 11.5 Å². The molecule has 1 fully saturated rings. The minimum absolute atomic E-state index is 0.226. The number of ether oxygens (including phenoxy) is 1. The lowest BCUT2D eigenvalue weighted by molar-refractivity contribution is 0.128. The highest BCUT2D eigenvalue weighted by atomic mass is 16.5. The van der Waals surface area contributed by atoms with Gasteiger partial charge in [0.15, 0.2) is 11.5 Å². The molecule has 2 N–H and O–H groups in total. The highest BCUT2D eigenvalue weighted by molar-refractivity contribution is 5.43. The normalized spacial score (nSPS) is 19.2. The van der Waals surface area contributed by atoms with Gasteiger partial charge < -0.3 is 15.2 Å². The number of hydrogen-bond donors (Lipinski definition) is 2. The number of benzene rings is 1. The molecule has 1 heterocycles. The SMILES string of the molecule is CCOc1cc([C@@H](C(C)CC)N2CCNCC2)ccc1O. The molecular formula is C17H28N2O2. The van der Waals surface area contributed by atoms with Gasteiger partial charge in [0, 0.05) is 32.2 Å². The average molecular weight is 292 g/mol. The van der Waals surface area contributed by atoms with E-state index >= 15 is 0 Å². The molecule has 1 saturated heterocycles. The molecule has 2 rings (SSSR count). The van der Waals surface area contributed by atoms with Crippen LogP contribution in [0, 0.1) is 5.92 Å². The topological polar surface area (TPSA) is 44.7 Å². The molecule has 0 saturated carbocycles. The average Bonchev–Trinajstić information content (AvgIpc) is 2.51. The van der Waals surface area contributed by atoms with Crippen molar-refractivity contribution in [1.29, 1.82) is 0 Å². The zero-order valence-electron chi connectivity index (χ0n) is 13.4. The zero-order chi connectivity index (χ0) is 15.2. The number of nitrogens with zero attached hydrogens (tertiary/aromatic N) is 1. The predicted molar refractivity (Wildman–Crippen MR) is 85.9 cm³/mol. The minimum atomic E-state index is 0.226. The number of hydrogen-bond acceptors (Lipinski definition) is 4. The lowest BCUT2D eigenvalue weighted by atomic mass is 9.90. The third-order valence-electron chi connectivity index (χ3n) is 4.35. The van der Waals surface area contributed by atoms with Gasteiger partial charge in [-0.1, -0.05) is 26.3 Å². The second kappa shape index (κ2) is 7.66. The van der Waals surface area contributed by atoms with Crippen LogP contribution in [0.3, 0.4) is 0 Å². The first-order valence-electron chi connectivity index (χ1n) is 8.07. The fourth-order valence-corrected chi connectivity index (χ4v) is 3.07. The Labute approximate surface area is 128 Å². The molecule has 0 radical (unpaired) electrons. The number of rotatable bonds is 6. The first-order valence-corrected chi connectivity index (χ1v) is 8.07. The molecule has 0 bridgehead atoms. The summed E-state index contributed by atoms with van der Waals surface area (Å²) in [5.41, 5.74) is 1.24. The van der Waals surface area contributed by atoms with E-state index in [0.717, 1.165) is 32.6 Å². The van der Waals surface area contributed by atoms with E-state index in [9.17, 15) is 5.11 Å².